The standard InChI is InChI=1S/C13H22N4O/c1-13(2)9-17(7-3-11(13)14)12(18)4-6-16-8-5-15-10-16/h5,8,10-11H,3-4,6-7,9,14H2,1-2H3. The van der Waals surface area contributed by atoms with Gasteiger partial charge >= 0.3 is 0 Å². The molecule has 1 aliphatic heterocycles. The van der Waals surface area contributed by atoms with E-state index in [1.807, 2.05) is 15.7 Å². The van der Waals surface area contributed by atoms with Crippen LogP contribution in [0.5, 0.6) is 0 Å². The lowest BCUT2D eigenvalue weighted by molar-refractivity contribution is -0.134. The molecule has 100 valence electrons. The Balaban J connectivity index is 1.86. The zero-order chi connectivity index (χ0) is 13.2. The van der Waals surface area contributed by atoms with Crippen molar-refractivity contribution in [1.82, 2.24) is 14.5 Å². The van der Waals surface area contributed by atoms with E-state index in [1.54, 1.807) is 12.5 Å². The van der Waals surface area contributed by atoms with E-state index in [9.17, 15) is 4.79 Å². The number of imidazole rings is 1. The Morgan fingerprint density at radius 1 is 1.56 bits per heavy atom. The second-order valence-corrected chi connectivity index (χ2v) is 5.75. The van der Waals surface area contributed by atoms with Gasteiger partial charge in [0.15, 0.2) is 0 Å². The van der Waals surface area contributed by atoms with E-state index in [4.69, 9.17) is 5.73 Å². The first kappa shape index (κ1) is 13.1. The molecule has 2 N–H and O–H groups in total. The van der Waals surface area contributed by atoms with Crippen LogP contribution in [0.25, 0.3) is 0 Å². The number of aryl methyl sites for hydroxylation is 1. The minimum Gasteiger partial charge on any atom is -0.342 e. The number of amides is 1. The van der Waals surface area contributed by atoms with Gasteiger partial charge in [-0.2, -0.15) is 0 Å². The average Bonchev–Trinajstić information content (AvgIpc) is 2.82. The van der Waals surface area contributed by atoms with Gasteiger partial charge in [0.1, 0.15) is 0 Å². The van der Waals surface area contributed by atoms with Crippen LogP contribution in [0.4, 0.5) is 0 Å². The van der Waals surface area contributed by atoms with E-state index in [0.29, 0.717) is 13.0 Å². The number of likely N-dealkylation sites (tertiary alicyclic amines) is 1. The molecule has 1 aromatic heterocycles. The van der Waals surface area contributed by atoms with Gasteiger partial charge in [0.05, 0.1) is 6.33 Å². The Bertz CT molecular complexity index is 399. The fourth-order valence-corrected chi connectivity index (χ4v) is 2.39. The summed E-state index contributed by atoms with van der Waals surface area (Å²) in [5.74, 6) is 0.212. The molecule has 1 aromatic rings. The van der Waals surface area contributed by atoms with Gasteiger partial charge in [-0.15, -0.1) is 0 Å². The average molecular weight is 250 g/mol. The SMILES string of the molecule is CC1(C)CN(C(=O)CCn2ccnc2)CCC1N. The molecular weight excluding hydrogens is 228 g/mol. The van der Waals surface area contributed by atoms with Gasteiger partial charge in [0, 0.05) is 44.5 Å². The van der Waals surface area contributed by atoms with Crippen LogP contribution in [0.1, 0.15) is 26.7 Å². The monoisotopic (exact) mass is 250 g/mol. The number of nitrogens with zero attached hydrogens (tertiary/aromatic N) is 3. The molecular formula is C13H22N4O. The molecule has 0 radical (unpaired) electrons. The van der Waals surface area contributed by atoms with Gasteiger partial charge in [0.25, 0.3) is 0 Å². The third-order valence-corrected chi connectivity index (χ3v) is 3.81. The molecule has 1 amide bonds. The van der Waals surface area contributed by atoms with Gasteiger partial charge in [-0.3, -0.25) is 4.79 Å². The number of carbonyl (C=O) groups excluding carboxylic acids is 1. The largest absolute Gasteiger partial charge is 0.342 e. The molecule has 1 aliphatic rings. The van der Waals surface area contributed by atoms with Gasteiger partial charge in [-0.1, -0.05) is 13.8 Å². The first-order valence-electron chi connectivity index (χ1n) is 6.48. The van der Waals surface area contributed by atoms with Gasteiger partial charge in [0.2, 0.25) is 5.91 Å². The lowest BCUT2D eigenvalue weighted by Gasteiger charge is -2.42. The summed E-state index contributed by atoms with van der Waals surface area (Å²) in [6, 6.07) is 0.190. The van der Waals surface area contributed by atoms with Gasteiger partial charge < -0.3 is 15.2 Å². The summed E-state index contributed by atoms with van der Waals surface area (Å²) in [4.78, 5) is 18.1. The van der Waals surface area contributed by atoms with Crippen LogP contribution in [-0.4, -0.2) is 39.5 Å². The van der Waals surface area contributed by atoms with E-state index in [2.05, 4.69) is 18.8 Å². The maximum atomic E-state index is 12.1. The summed E-state index contributed by atoms with van der Waals surface area (Å²) in [6.45, 7) is 6.51. The van der Waals surface area contributed by atoms with Crippen LogP contribution in [0.2, 0.25) is 0 Å². The predicted octanol–water partition coefficient (Wildman–Crippen LogP) is 0.859. The van der Waals surface area contributed by atoms with E-state index < -0.39 is 0 Å². The highest BCUT2D eigenvalue weighted by molar-refractivity contribution is 5.76. The number of hydrogen-bond donors (Lipinski definition) is 1. The Hall–Kier alpha value is -1.36. The zero-order valence-corrected chi connectivity index (χ0v) is 11.2. The third kappa shape index (κ3) is 2.90. The molecule has 0 spiro atoms. The molecule has 5 nitrogen and oxygen atoms in total. The van der Waals surface area contributed by atoms with Crippen molar-refractivity contribution in [3.63, 3.8) is 0 Å². The number of carbonyl (C=O) groups is 1. The molecule has 1 saturated heterocycles. The first-order chi connectivity index (χ1) is 8.49. The van der Waals surface area contributed by atoms with E-state index in [0.717, 1.165) is 19.5 Å². The second kappa shape index (κ2) is 5.10. The fourth-order valence-electron chi connectivity index (χ4n) is 2.39. The van der Waals surface area contributed by atoms with Crippen LogP contribution < -0.4 is 5.73 Å². The highest BCUT2D eigenvalue weighted by Gasteiger charge is 2.34. The summed E-state index contributed by atoms with van der Waals surface area (Å²) >= 11 is 0. The molecule has 0 aliphatic carbocycles. The van der Waals surface area contributed by atoms with Crippen molar-refractivity contribution in [2.75, 3.05) is 13.1 Å². The van der Waals surface area contributed by atoms with Crippen molar-refractivity contribution in [1.29, 1.82) is 0 Å². The van der Waals surface area contributed by atoms with Crippen LogP contribution in [-0.2, 0) is 11.3 Å². The van der Waals surface area contributed by atoms with Gasteiger partial charge in [-0.25, -0.2) is 4.98 Å². The molecule has 1 atom stereocenters. The minimum atomic E-state index is 0.0168. The molecule has 5 heteroatoms. The van der Waals surface area contributed by atoms with Crippen molar-refractivity contribution in [3.8, 4) is 0 Å². The number of piperidine rings is 1. The summed E-state index contributed by atoms with van der Waals surface area (Å²) in [7, 11) is 0. The van der Waals surface area contributed by atoms with E-state index in [-0.39, 0.29) is 17.4 Å². The van der Waals surface area contributed by atoms with E-state index in [1.165, 1.54) is 0 Å². The van der Waals surface area contributed by atoms with Crippen LogP contribution in [0, 0.1) is 5.41 Å². The maximum absolute atomic E-state index is 12.1. The highest BCUT2D eigenvalue weighted by atomic mass is 16.2. The van der Waals surface area contributed by atoms with Crippen molar-refractivity contribution < 1.29 is 4.79 Å². The van der Waals surface area contributed by atoms with E-state index >= 15 is 0 Å². The molecule has 18 heavy (non-hydrogen) atoms. The molecule has 2 rings (SSSR count). The Morgan fingerprint density at radius 2 is 2.33 bits per heavy atom. The zero-order valence-electron chi connectivity index (χ0n) is 11.2. The molecule has 1 fully saturated rings. The summed E-state index contributed by atoms with van der Waals surface area (Å²) in [6.07, 6.45) is 6.77. The molecule has 0 bridgehead atoms. The highest BCUT2D eigenvalue weighted by Crippen LogP contribution is 2.27. The number of aromatic nitrogens is 2. The third-order valence-electron chi connectivity index (χ3n) is 3.81. The maximum Gasteiger partial charge on any atom is 0.224 e. The molecule has 1 unspecified atom stereocenters. The lowest BCUT2D eigenvalue weighted by atomic mass is 9.79. The number of hydrogen-bond acceptors (Lipinski definition) is 3. The molecule has 2 heterocycles. The number of rotatable bonds is 3. The van der Waals surface area contributed by atoms with Crippen LogP contribution in [0.3, 0.4) is 0 Å². The van der Waals surface area contributed by atoms with Gasteiger partial charge in [-0.05, 0) is 11.8 Å². The predicted molar refractivity (Wildman–Crippen MR) is 69.8 cm³/mol. The fraction of sp³-hybridized carbons (Fsp3) is 0.692. The first-order valence-corrected chi connectivity index (χ1v) is 6.48. The summed E-state index contributed by atoms with van der Waals surface area (Å²) in [5.41, 5.74) is 6.09. The second-order valence-electron chi connectivity index (χ2n) is 5.75. The Labute approximate surface area is 108 Å². The summed E-state index contributed by atoms with van der Waals surface area (Å²) in [5, 5.41) is 0. The smallest absolute Gasteiger partial charge is 0.224 e. The Morgan fingerprint density at radius 3 is 2.94 bits per heavy atom. The van der Waals surface area contributed by atoms with Crippen LogP contribution >= 0.6 is 0 Å². The van der Waals surface area contributed by atoms with Crippen LogP contribution in [0.15, 0.2) is 18.7 Å². The lowest BCUT2D eigenvalue weighted by Crippen LogP contribution is -2.54. The van der Waals surface area contributed by atoms with Crippen molar-refractivity contribution in [3.05, 3.63) is 18.7 Å². The quantitative estimate of drug-likeness (QED) is 0.865. The molecule has 0 saturated carbocycles. The minimum absolute atomic E-state index is 0.0168. The Kier molecular flexibility index (Phi) is 3.71. The molecule has 0 aromatic carbocycles. The summed E-state index contributed by atoms with van der Waals surface area (Å²) < 4.78 is 1.93. The van der Waals surface area contributed by atoms with Crippen molar-refractivity contribution >= 4 is 5.91 Å². The van der Waals surface area contributed by atoms with Crippen molar-refractivity contribution in [2.24, 2.45) is 11.1 Å². The normalized spacial score (nSPS) is 23.1. The topological polar surface area (TPSA) is 64.2 Å². The van der Waals surface area contributed by atoms with Crippen molar-refractivity contribution in [2.45, 2.75) is 39.3 Å². The number of nitrogens with two attached hydrogens (primary N) is 1.